The third-order valence-corrected chi connectivity index (χ3v) is 7.12. The van der Waals surface area contributed by atoms with Gasteiger partial charge in [-0.05, 0) is 26.0 Å². The molecule has 2 amide bonds. The van der Waals surface area contributed by atoms with Gasteiger partial charge in [0.1, 0.15) is 0 Å². The molecule has 2 N–H and O–H groups in total. The summed E-state index contributed by atoms with van der Waals surface area (Å²) in [5.74, 6) is -1.82. The first-order valence-corrected chi connectivity index (χ1v) is 10.4. The first-order chi connectivity index (χ1) is 12.8. The molecule has 0 radical (unpaired) electrons. The van der Waals surface area contributed by atoms with Gasteiger partial charge in [-0.1, -0.05) is 6.07 Å². The highest BCUT2D eigenvalue weighted by atomic mass is 32.2. The maximum atomic E-state index is 12.9. The molecule has 148 valence electrons. The maximum absolute atomic E-state index is 12.9. The Morgan fingerprint density at radius 3 is 2.89 bits per heavy atom. The summed E-state index contributed by atoms with van der Waals surface area (Å²) in [7, 11) is -3.63. The van der Waals surface area contributed by atoms with E-state index in [1.54, 1.807) is 38.2 Å². The van der Waals surface area contributed by atoms with Crippen LogP contribution in [0.25, 0.3) is 0 Å². The maximum Gasteiger partial charge on any atom is 0.254 e. The molecule has 1 aromatic heterocycles. The third-order valence-electron chi connectivity index (χ3n) is 4.93. The van der Waals surface area contributed by atoms with Crippen LogP contribution in [-0.2, 0) is 30.9 Å². The Kier molecular flexibility index (Phi) is 5.50. The summed E-state index contributed by atoms with van der Waals surface area (Å²) in [6.07, 6.45) is 1.62. The Balaban J connectivity index is 1.83. The number of amides is 2. The summed E-state index contributed by atoms with van der Waals surface area (Å²) in [4.78, 5) is 29.6. The van der Waals surface area contributed by atoms with E-state index in [4.69, 9.17) is 4.74 Å². The van der Waals surface area contributed by atoms with Crippen LogP contribution < -0.4 is 10.6 Å². The Morgan fingerprint density at radius 1 is 1.48 bits per heavy atom. The lowest BCUT2D eigenvalue weighted by molar-refractivity contribution is -0.163. The molecule has 2 aliphatic rings. The number of hydrogen-bond donors (Lipinski definition) is 2. The second-order valence-corrected chi connectivity index (χ2v) is 9.46. The summed E-state index contributed by atoms with van der Waals surface area (Å²) >= 11 is 0. The van der Waals surface area contributed by atoms with Crippen LogP contribution in [0.2, 0.25) is 0 Å². The fourth-order valence-corrected chi connectivity index (χ4v) is 4.69. The number of carbonyl (C=O) groups is 2. The number of sulfonamides is 1. The summed E-state index contributed by atoms with van der Waals surface area (Å²) in [5, 5.41) is 4.79. The number of morpholine rings is 1. The highest BCUT2D eigenvalue weighted by Crippen LogP contribution is 2.35. The lowest BCUT2D eigenvalue weighted by Gasteiger charge is -2.36. The lowest BCUT2D eigenvalue weighted by Crippen LogP contribution is -2.62. The fraction of sp³-hybridized carbons (Fsp3) is 0.588. The number of pyridine rings is 1. The molecular weight excluding hydrogens is 372 g/mol. The van der Waals surface area contributed by atoms with Gasteiger partial charge < -0.3 is 15.4 Å². The first-order valence-electron chi connectivity index (χ1n) is 8.86. The molecule has 1 spiro atoms. The summed E-state index contributed by atoms with van der Waals surface area (Å²) in [5.41, 5.74) is -0.840. The molecule has 9 nitrogen and oxygen atoms in total. The van der Waals surface area contributed by atoms with E-state index in [1.807, 2.05) is 0 Å². The fourth-order valence-electron chi connectivity index (χ4n) is 3.37. The van der Waals surface area contributed by atoms with Crippen molar-refractivity contribution in [3.8, 4) is 0 Å². The molecular formula is C17H24N4O5S. The minimum Gasteiger partial charge on any atom is -0.361 e. The Bertz CT molecular complexity index is 814. The van der Waals surface area contributed by atoms with Crippen LogP contribution in [0.15, 0.2) is 24.4 Å². The zero-order valence-corrected chi connectivity index (χ0v) is 16.2. The van der Waals surface area contributed by atoms with Crippen molar-refractivity contribution in [2.75, 3.05) is 26.2 Å². The summed E-state index contributed by atoms with van der Waals surface area (Å²) < 4.78 is 32.1. The average Bonchev–Trinajstić information content (AvgIpc) is 3.04. The largest absolute Gasteiger partial charge is 0.361 e. The van der Waals surface area contributed by atoms with Gasteiger partial charge in [-0.2, -0.15) is 4.31 Å². The van der Waals surface area contributed by atoms with Crippen LogP contribution in [0.5, 0.6) is 0 Å². The molecule has 2 aliphatic heterocycles. The van der Waals surface area contributed by atoms with Crippen LogP contribution in [0.4, 0.5) is 0 Å². The number of rotatable bonds is 5. The van der Waals surface area contributed by atoms with Crippen molar-refractivity contribution in [3.05, 3.63) is 30.1 Å². The lowest BCUT2D eigenvalue weighted by atomic mass is 9.87. The van der Waals surface area contributed by atoms with Crippen LogP contribution in [0, 0.1) is 5.92 Å². The Hall–Kier alpha value is -2.04. The van der Waals surface area contributed by atoms with Crippen LogP contribution >= 0.6 is 0 Å². The number of carbonyl (C=O) groups excluding carboxylic acids is 2. The van der Waals surface area contributed by atoms with Gasteiger partial charge in [-0.15, -0.1) is 0 Å². The standard InChI is InChI=1S/C17H24N4O5S/c1-12(2)27(24,25)21-10-14(17(11-21)16(23)19-7-8-26-17)15(22)20-9-13-5-3-4-6-18-13/h3-6,12,14H,7-11H2,1-2H3,(H,19,23)(H,20,22)/t14-,17-/m1/s1. The average molecular weight is 396 g/mol. The molecule has 27 heavy (non-hydrogen) atoms. The third kappa shape index (κ3) is 3.69. The highest BCUT2D eigenvalue weighted by Gasteiger charge is 2.59. The van der Waals surface area contributed by atoms with Crippen molar-refractivity contribution in [1.82, 2.24) is 19.9 Å². The van der Waals surface area contributed by atoms with Crippen LogP contribution in [-0.4, -0.2) is 66.6 Å². The van der Waals surface area contributed by atoms with Gasteiger partial charge in [0.15, 0.2) is 5.60 Å². The molecule has 2 saturated heterocycles. The molecule has 0 aromatic carbocycles. The predicted molar refractivity (Wildman–Crippen MR) is 96.9 cm³/mol. The van der Waals surface area contributed by atoms with E-state index in [0.29, 0.717) is 12.2 Å². The Morgan fingerprint density at radius 2 is 2.26 bits per heavy atom. The zero-order chi connectivity index (χ0) is 19.7. The molecule has 0 aliphatic carbocycles. The van der Waals surface area contributed by atoms with Gasteiger partial charge >= 0.3 is 0 Å². The van der Waals surface area contributed by atoms with Gasteiger partial charge in [0.05, 0.1) is 36.6 Å². The number of nitrogens with one attached hydrogen (secondary N) is 2. The van der Waals surface area contributed by atoms with E-state index >= 15 is 0 Å². The Labute approximate surface area is 158 Å². The van der Waals surface area contributed by atoms with E-state index in [1.165, 1.54) is 4.31 Å². The van der Waals surface area contributed by atoms with Crippen molar-refractivity contribution in [1.29, 1.82) is 0 Å². The van der Waals surface area contributed by atoms with Gasteiger partial charge in [-0.25, -0.2) is 8.42 Å². The monoisotopic (exact) mass is 396 g/mol. The van der Waals surface area contributed by atoms with Crippen molar-refractivity contribution >= 4 is 21.8 Å². The zero-order valence-electron chi connectivity index (χ0n) is 15.3. The van der Waals surface area contributed by atoms with Crippen molar-refractivity contribution in [2.24, 2.45) is 5.92 Å². The van der Waals surface area contributed by atoms with Crippen molar-refractivity contribution in [3.63, 3.8) is 0 Å². The summed E-state index contributed by atoms with van der Waals surface area (Å²) in [6.45, 7) is 3.62. The predicted octanol–water partition coefficient (Wildman–Crippen LogP) is -0.747. The van der Waals surface area contributed by atoms with Gasteiger partial charge in [0, 0.05) is 19.3 Å². The van der Waals surface area contributed by atoms with Crippen LogP contribution in [0.3, 0.4) is 0 Å². The molecule has 1 aromatic rings. The SMILES string of the molecule is CC(C)S(=O)(=O)N1C[C@H](C(=O)NCc2ccccn2)[C@@]2(C1)OCCNC2=O. The highest BCUT2D eigenvalue weighted by molar-refractivity contribution is 7.89. The van der Waals surface area contributed by atoms with Crippen molar-refractivity contribution in [2.45, 2.75) is 31.2 Å². The second kappa shape index (κ2) is 7.53. The van der Waals surface area contributed by atoms with Crippen molar-refractivity contribution < 1.29 is 22.7 Å². The minimum atomic E-state index is -3.63. The van der Waals surface area contributed by atoms with E-state index in [9.17, 15) is 18.0 Å². The second-order valence-electron chi connectivity index (χ2n) is 6.97. The molecule has 2 fully saturated rings. The van der Waals surface area contributed by atoms with E-state index in [0.717, 1.165) is 0 Å². The number of ether oxygens (including phenoxy) is 1. The molecule has 0 saturated carbocycles. The van der Waals surface area contributed by atoms with Crippen LogP contribution in [0.1, 0.15) is 19.5 Å². The normalized spacial score (nSPS) is 26.3. The van der Waals surface area contributed by atoms with Gasteiger partial charge in [0.25, 0.3) is 5.91 Å². The van der Waals surface area contributed by atoms with E-state index < -0.39 is 38.6 Å². The topological polar surface area (TPSA) is 118 Å². The van der Waals surface area contributed by atoms with E-state index in [-0.39, 0.29) is 26.2 Å². The smallest absolute Gasteiger partial charge is 0.254 e. The molecule has 10 heteroatoms. The first kappa shape index (κ1) is 19.7. The molecule has 2 atom stereocenters. The molecule has 3 heterocycles. The minimum absolute atomic E-state index is 0.0953. The number of hydrogen-bond acceptors (Lipinski definition) is 6. The quantitative estimate of drug-likeness (QED) is 0.676. The van der Waals surface area contributed by atoms with Gasteiger partial charge in [-0.3, -0.25) is 14.6 Å². The number of nitrogens with zero attached hydrogens (tertiary/aromatic N) is 2. The number of aromatic nitrogens is 1. The molecule has 3 rings (SSSR count). The van der Waals surface area contributed by atoms with Gasteiger partial charge in [0.2, 0.25) is 15.9 Å². The molecule has 0 bridgehead atoms. The molecule has 0 unspecified atom stereocenters. The summed E-state index contributed by atoms with van der Waals surface area (Å²) in [6, 6.07) is 5.34. The van der Waals surface area contributed by atoms with E-state index in [2.05, 4.69) is 15.6 Å².